The van der Waals surface area contributed by atoms with Gasteiger partial charge in [-0.15, -0.1) is 0 Å². The molecule has 0 radical (unpaired) electrons. The average molecular weight is 248 g/mol. The van der Waals surface area contributed by atoms with Crippen molar-refractivity contribution in [3.63, 3.8) is 0 Å². The van der Waals surface area contributed by atoms with E-state index in [0.29, 0.717) is 5.56 Å². The zero-order chi connectivity index (χ0) is 13.7. The van der Waals surface area contributed by atoms with Crippen molar-refractivity contribution in [1.29, 1.82) is 5.26 Å². The van der Waals surface area contributed by atoms with Gasteiger partial charge in [-0.25, -0.2) is 0 Å². The first-order chi connectivity index (χ1) is 8.45. The minimum absolute atomic E-state index is 0.0667. The molecule has 1 aromatic carbocycles. The highest BCUT2D eigenvalue weighted by Gasteiger charge is 2.15. The van der Waals surface area contributed by atoms with Gasteiger partial charge in [-0.2, -0.15) is 5.26 Å². The molecular formula is C11H12N4O3. The minimum Gasteiger partial charge on any atom is -0.371 e. The maximum absolute atomic E-state index is 11.4. The largest absolute Gasteiger partial charge is 0.371 e. The molecule has 0 heterocycles. The smallest absolute Gasteiger partial charge is 0.292 e. The summed E-state index contributed by atoms with van der Waals surface area (Å²) in [5.74, 6) is -0.216. The number of nitrogens with one attached hydrogen (secondary N) is 1. The second-order valence-electron chi connectivity index (χ2n) is 3.74. The minimum atomic E-state index is -0.566. The number of rotatable bonds is 4. The zero-order valence-electron chi connectivity index (χ0n) is 10.0. The van der Waals surface area contributed by atoms with Gasteiger partial charge in [-0.05, 0) is 12.1 Å². The Labute approximate surface area is 104 Å². The van der Waals surface area contributed by atoms with Gasteiger partial charge in [-0.3, -0.25) is 14.9 Å². The Kier molecular flexibility index (Phi) is 4.21. The fourth-order valence-electron chi connectivity index (χ4n) is 1.24. The summed E-state index contributed by atoms with van der Waals surface area (Å²) in [6.45, 7) is -0.0667. The number of nitro benzene ring substituents is 1. The van der Waals surface area contributed by atoms with E-state index in [1.807, 2.05) is 6.07 Å². The van der Waals surface area contributed by atoms with E-state index in [4.69, 9.17) is 5.26 Å². The highest BCUT2D eigenvalue weighted by atomic mass is 16.6. The van der Waals surface area contributed by atoms with E-state index in [1.165, 1.54) is 23.1 Å². The van der Waals surface area contributed by atoms with E-state index in [0.717, 1.165) is 0 Å². The number of nitrogens with zero attached hydrogens (tertiary/aromatic N) is 3. The molecule has 1 aromatic rings. The summed E-state index contributed by atoms with van der Waals surface area (Å²) < 4.78 is 0. The number of nitro groups is 1. The summed E-state index contributed by atoms with van der Waals surface area (Å²) in [4.78, 5) is 23.0. The molecule has 1 rings (SSSR count). The number of benzene rings is 1. The van der Waals surface area contributed by atoms with Crippen LogP contribution in [0.2, 0.25) is 0 Å². The molecule has 0 unspecified atom stereocenters. The van der Waals surface area contributed by atoms with Crippen molar-refractivity contribution in [3.8, 4) is 6.07 Å². The third kappa shape index (κ3) is 3.18. The fourth-order valence-corrected chi connectivity index (χ4v) is 1.24. The van der Waals surface area contributed by atoms with E-state index >= 15 is 0 Å². The maximum atomic E-state index is 11.4. The van der Waals surface area contributed by atoms with E-state index in [9.17, 15) is 14.9 Å². The second-order valence-corrected chi connectivity index (χ2v) is 3.74. The first-order valence-electron chi connectivity index (χ1n) is 5.08. The van der Waals surface area contributed by atoms with Crippen molar-refractivity contribution in [2.24, 2.45) is 0 Å². The summed E-state index contributed by atoms with van der Waals surface area (Å²) in [5, 5.41) is 22.2. The molecule has 0 saturated heterocycles. The topological polar surface area (TPSA) is 99.3 Å². The second kappa shape index (κ2) is 5.63. The van der Waals surface area contributed by atoms with Crippen molar-refractivity contribution in [3.05, 3.63) is 33.9 Å². The van der Waals surface area contributed by atoms with Gasteiger partial charge >= 0.3 is 0 Å². The Hall–Kier alpha value is -2.62. The predicted octanol–water partition coefficient (Wildman–Crippen LogP) is 0.967. The molecule has 94 valence electrons. The molecule has 0 aromatic heterocycles. The Morgan fingerprint density at radius 1 is 1.56 bits per heavy atom. The lowest BCUT2D eigenvalue weighted by Crippen LogP contribution is -2.28. The van der Waals surface area contributed by atoms with Gasteiger partial charge in [0.2, 0.25) is 5.91 Å². The van der Waals surface area contributed by atoms with E-state index in [1.54, 1.807) is 14.1 Å². The fraction of sp³-hybridized carbons (Fsp3) is 0.273. The van der Waals surface area contributed by atoms with Crippen molar-refractivity contribution in [2.45, 2.75) is 0 Å². The van der Waals surface area contributed by atoms with Crippen LogP contribution >= 0.6 is 0 Å². The van der Waals surface area contributed by atoms with Crippen LogP contribution in [-0.4, -0.2) is 36.4 Å². The molecule has 7 nitrogen and oxygen atoms in total. The molecule has 0 aliphatic carbocycles. The van der Waals surface area contributed by atoms with Gasteiger partial charge in [0.15, 0.2) is 0 Å². The van der Waals surface area contributed by atoms with E-state index in [2.05, 4.69) is 5.32 Å². The molecular weight excluding hydrogens is 236 g/mol. The lowest BCUT2D eigenvalue weighted by atomic mass is 10.2. The van der Waals surface area contributed by atoms with Crippen molar-refractivity contribution < 1.29 is 9.72 Å². The Bertz CT molecular complexity index is 520. The molecule has 0 fully saturated rings. The number of amides is 1. The summed E-state index contributed by atoms with van der Waals surface area (Å²) in [7, 11) is 3.17. The van der Waals surface area contributed by atoms with Gasteiger partial charge in [-0.1, -0.05) is 0 Å². The van der Waals surface area contributed by atoms with Gasteiger partial charge in [0, 0.05) is 20.2 Å². The molecule has 0 atom stereocenters. The Morgan fingerprint density at radius 3 is 2.72 bits per heavy atom. The lowest BCUT2D eigenvalue weighted by Gasteiger charge is -2.11. The van der Waals surface area contributed by atoms with Crippen LogP contribution in [-0.2, 0) is 4.79 Å². The maximum Gasteiger partial charge on any atom is 0.292 e. The molecule has 0 saturated carbocycles. The summed E-state index contributed by atoms with van der Waals surface area (Å²) in [5.41, 5.74) is 0.287. The molecule has 0 aliphatic heterocycles. The molecule has 1 N–H and O–H groups in total. The first-order valence-corrected chi connectivity index (χ1v) is 5.08. The van der Waals surface area contributed by atoms with Crippen LogP contribution in [0.5, 0.6) is 0 Å². The SMILES string of the molecule is CN(C)C(=O)CNc1cc(C#N)ccc1[N+](=O)[O-]. The van der Waals surface area contributed by atoms with Gasteiger partial charge in [0.05, 0.1) is 23.1 Å². The third-order valence-electron chi connectivity index (χ3n) is 2.25. The van der Waals surface area contributed by atoms with Crippen LogP contribution in [0.25, 0.3) is 0 Å². The molecule has 0 bridgehead atoms. The molecule has 7 heteroatoms. The van der Waals surface area contributed by atoms with Crippen molar-refractivity contribution >= 4 is 17.3 Å². The number of hydrogen-bond acceptors (Lipinski definition) is 5. The van der Waals surface area contributed by atoms with Gasteiger partial charge in [0.1, 0.15) is 5.69 Å². The van der Waals surface area contributed by atoms with E-state index < -0.39 is 4.92 Å². The van der Waals surface area contributed by atoms with E-state index in [-0.39, 0.29) is 23.8 Å². The number of nitriles is 1. The van der Waals surface area contributed by atoms with Crippen LogP contribution in [0.3, 0.4) is 0 Å². The highest BCUT2D eigenvalue weighted by molar-refractivity contribution is 5.81. The Balaban J connectivity index is 2.95. The summed E-state index contributed by atoms with van der Waals surface area (Å²) >= 11 is 0. The Morgan fingerprint density at radius 2 is 2.22 bits per heavy atom. The molecule has 18 heavy (non-hydrogen) atoms. The van der Waals surface area contributed by atoms with Crippen LogP contribution < -0.4 is 5.32 Å². The average Bonchev–Trinajstić information content (AvgIpc) is 2.34. The first kappa shape index (κ1) is 13.4. The van der Waals surface area contributed by atoms with Crippen LogP contribution in [0.4, 0.5) is 11.4 Å². The number of hydrogen-bond donors (Lipinski definition) is 1. The molecule has 0 aliphatic rings. The molecule has 0 spiro atoms. The quantitative estimate of drug-likeness (QED) is 0.632. The van der Waals surface area contributed by atoms with Crippen LogP contribution in [0, 0.1) is 21.4 Å². The third-order valence-corrected chi connectivity index (χ3v) is 2.25. The standard InChI is InChI=1S/C11H12N4O3/c1-14(2)11(16)7-13-9-5-8(6-12)3-4-10(9)15(17)18/h3-5,13H,7H2,1-2H3. The summed E-state index contributed by atoms with van der Waals surface area (Å²) in [6, 6.07) is 5.83. The normalized spacial score (nSPS) is 9.39. The monoisotopic (exact) mass is 248 g/mol. The van der Waals surface area contributed by atoms with Crippen LogP contribution in [0.15, 0.2) is 18.2 Å². The van der Waals surface area contributed by atoms with Gasteiger partial charge in [0.25, 0.3) is 5.69 Å². The van der Waals surface area contributed by atoms with Crippen molar-refractivity contribution in [2.75, 3.05) is 26.0 Å². The summed E-state index contributed by atoms with van der Waals surface area (Å²) in [6.07, 6.45) is 0. The lowest BCUT2D eigenvalue weighted by molar-refractivity contribution is -0.384. The molecule has 1 amide bonds. The number of carbonyl (C=O) groups excluding carboxylic acids is 1. The van der Waals surface area contributed by atoms with Crippen molar-refractivity contribution in [1.82, 2.24) is 4.90 Å². The number of carbonyl (C=O) groups is 1. The number of anilines is 1. The predicted molar refractivity (Wildman–Crippen MR) is 65.0 cm³/mol. The van der Waals surface area contributed by atoms with Crippen LogP contribution in [0.1, 0.15) is 5.56 Å². The highest BCUT2D eigenvalue weighted by Crippen LogP contribution is 2.24. The van der Waals surface area contributed by atoms with Gasteiger partial charge < -0.3 is 10.2 Å². The zero-order valence-corrected chi connectivity index (χ0v) is 10.0. The number of likely N-dealkylation sites (N-methyl/N-ethyl adjacent to an activating group) is 1.